The molecule has 0 amide bonds. The molecule has 0 saturated carbocycles. The first-order chi connectivity index (χ1) is 9.63. The van der Waals surface area contributed by atoms with E-state index in [1.165, 1.54) is 0 Å². The number of rotatable bonds is 4. The molecule has 0 bridgehead atoms. The second kappa shape index (κ2) is 5.34. The van der Waals surface area contributed by atoms with Gasteiger partial charge in [0.25, 0.3) is 0 Å². The molecule has 104 valence electrons. The van der Waals surface area contributed by atoms with Crippen LogP contribution in [0.4, 0.5) is 0 Å². The Kier molecular flexibility index (Phi) is 3.54. The highest BCUT2D eigenvalue weighted by molar-refractivity contribution is 7.99. The van der Waals surface area contributed by atoms with E-state index in [4.69, 9.17) is 10.2 Å². The predicted octanol–water partition coefficient (Wildman–Crippen LogP) is 3.27. The van der Waals surface area contributed by atoms with E-state index in [2.05, 4.69) is 11.2 Å². The van der Waals surface area contributed by atoms with E-state index in [0.717, 1.165) is 33.2 Å². The van der Waals surface area contributed by atoms with Gasteiger partial charge in [0.05, 0.1) is 16.8 Å². The molecule has 0 aliphatic heterocycles. The van der Waals surface area contributed by atoms with Gasteiger partial charge >= 0.3 is 0 Å². The van der Waals surface area contributed by atoms with E-state index in [-0.39, 0.29) is 6.04 Å². The summed E-state index contributed by atoms with van der Waals surface area (Å²) in [6, 6.07) is 11.9. The van der Waals surface area contributed by atoms with Crippen LogP contribution in [-0.2, 0) is 7.05 Å². The lowest BCUT2D eigenvalue weighted by Gasteiger charge is -2.08. The second-order valence-electron chi connectivity index (χ2n) is 4.85. The molecule has 1 aromatic carbocycles. The van der Waals surface area contributed by atoms with Gasteiger partial charge in [-0.25, -0.2) is 0 Å². The van der Waals surface area contributed by atoms with E-state index >= 15 is 0 Å². The first kappa shape index (κ1) is 13.3. The van der Waals surface area contributed by atoms with E-state index in [1.54, 1.807) is 11.8 Å². The summed E-state index contributed by atoms with van der Waals surface area (Å²) < 4.78 is 7.67. The Morgan fingerprint density at radius 3 is 2.85 bits per heavy atom. The fourth-order valence-corrected chi connectivity index (χ4v) is 3.16. The number of furan rings is 1. The van der Waals surface area contributed by atoms with Crippen molar-refractivity contribution in [3.63, 3.8) is 0 Å². The topological polar surface area (TPSA) is 57.0 Å². The molecule has 1 unspecified atom stereocenters. The number of aromatic nitrogens is 2. The molecule has 0 aliphatic carbocycles. The van der Waals surface area contributed by atoms with E-state index in [0.29, 0.717) is 0 Å². The maximum atomic E-state index is 6.22. The summed E-state index contributed by atoms with van der Waals surface area (Å²) in [5.41, 5.74) is 8.13. The summed E-state index contributed by atoms with van der Waals surface area (Å²) >= 11 is 1.70. The van der Waals surface area contributed by atoms with Gasteiger partial charge in [0.2, 0.25) is 0 Å². The van der Waals surface area contributed by atoms with Crippen LogP contribution in [0.1, 0.15) is 17.5 Å². The maximum Gasteiger partial charge on any atom is 0.134 e. The maximum absolute atomic E-state index is 6.22. The molecular formula is C15H17N3OS. The van der Waals surface area contributed by atoms with Crippen molar-refractivity contribution in [2.45, 2.75) is 18.0 Å². The van der Waals surface area contributed by atoms with Crippen molar-refractivity contribution in [1.82, 2.24) is 9.78 Å². The Morgan fingerprint density at radius 1 is 1.35 bits per heavy atom. The van der Waals surface area contributed by atoms with Crippen LogP contribution < -0.4 is 5.73 Å². The van der Waals surface area contributed by atoms with Gasteiger partial charge in [0, 0.05) is 18.2 Å². The molecule has 0 fully saturated rings. The lowest BCUT2D eigenvalue weighted by Crippen LogP contribution is -2.12. The van der Waals surface area contributed by atoms with E-state index in [1.807, 2.05) is 49.0 Å². The van der Waals surface area contributed by atoms with Gasteiger partial charge in [0.15, 0.2) is 0 Å². The summed E-state index contributed by atoms with van der Waals surface area (Å²) in [5.74, 6) is 1.59. The van der Waals surface area contributed by atoms with Gasteiger partial charge in [-0.1, -0.05) is 18.2 Å². The molecule has 5 heteroatoms. The van der Waals surface area contributed by atoms with E-state index in [9.17, 15) is 0 Å². The zero-order valence-electron chi connectivity index (χ0n) is 11.5. The number of benzene rings is 1. The third kappa shape index (κ3) is 2.59. The van der Waals surface area contributed by atoms with Crippen LogP contribution in [0, 0.1) is 6.92 Å². The molecule has 0 spiro atoms. The van der Waals surface area contributed by atoms with Crippen molar-refractivity contribution in [3.8, 4) is 0 Å². The molecule has 2 heterocycles. The van der Waals surface area contributed by atoms with Gasteiger partial charge in [-0.15, -0.1) is 11.8 Å². The molecule has 4 nitrogen and oxygen atoms in total. The molecule has 0 aliphatic rings. The smallest absolute Gasteiger partial charge is 0.134 e. The summed E-state index contributed by atoms with van der Waals surface area (Å²) in [5, 5.41) is 6.54. The molecule has 1 atom stereocenters. The SMILES string of the molecule is Cc1cc(SCC(N)c2cc3ccccc3o2)n(C)n1. The molecule has 3 aromatic rings. The van der Waals surface area contributed by atoms with Gasteiger partial charge < -0.3 is 10.2 Å². The molecular weight excluding hydrogens is 270 g/mol. The van der Waals surface area contributed by atoms with Crippen LogP contribution in [-0.4, -0.2) is 15.5 Å². The molecule has 0 radical (unpaired) electrons. The number of nitrogens with two attached hydrogens (primary N) is 1. The summed E-state index contributed by atoms with van der Waals surface area (Å²) in [7, 11) is 1.95. The molecule has 2 aromatic heterocycles. The Morgan fingerprint density at radius 2 is 2.15 bits per heavy atom. The number of para-hydroxylation sites is 1. The van der Waals surface area contributed by atoms with Crippen LogP contribution >= 0.6 is 11.8 Å². The van der Waals surface area contributed by atoms with Gasteiger partial charge in [-0.3, -0.25) is 4.68 Å². The lowest BCUT2D eigenvalue weighted by atomic mass is 10.2. The van der Waals surface area contributed by atoms with E-state index < -0.39 is 0 Å². The summed E-state index contributed by atoms with van der Waals surface area (Å²) in [6.07, 6.45) is 0. The van der Waals surface area contributed by atoms with Crippen molar-refractivity contribution < 1.29 is 4.42 Å². The Labute approximate surface area is 121 Å². The average Bonchev–Trinajstić information content (AvgIpc) is 2.99. The third-order valence-electron chi connectivity index (χ3n) is 3.18. The van der Waals surface area contributed by atoms with Crippen molar-refractivity contribution in [1.29, 1.82) is 0 Å². The predicted molar refractivity (Wildman–Crippen MR) is 81.8 cm³/mol. The minimum absolute atomic E-state index is 0.123. The Bertz CT molecular complexity index is 699. The second-order valence-corrected chi connectivity index (χ2v) is 5.89. The van der Waals surface area contributed by atoms with Crippen molar-refractivity contribution >= 4 is 22.7 Å². The van der Waals surface area contributed by atoms with Crippen molar-refractivity contribution in [2.24, 2.45) is 12.8 Å². The third-order valence-corrected chi connectivity index (χ3v) is 4.38. The number of fused-ring (bicyclic) bond motifs is 1. The zero-order chi connectivity index (χ0) is 14.1. The van der Waals surface area contributed by atoms with Crippen LogP contribution in [0.25, 0.3) is 11.0 Å². The minimum Gasteiger partial charge on any atom is -0.459 e. The number of aryl methyl sites for hydroxylation is 2. The Hall–Kier alpha value is -1.72. The highest BCUT2D eigenvalue weighted by Gasteiger charge is 2.13. The van der Waals surface area contributed by atoms with Crippen LogP contribution in [0.5, 0.6) is 0 Å². The highest BCUT2D eigenvalue weighted by atomic mass is 32.2. The van der Waals surface area contributed by atoms with Gasteiger partial charge in [0.1, 0.15) is 11.3 Å². The average molecular weight is 287 g/mol. The fourth-order valence-electron chi connectivity index (χ4n) is 2.16. The fraction of sp³-hybridized carbons (Fsp3) is 0.267. The quantitative estimate of drug-likeness (QED) is 0.748. The number of hydrogen-bond acceptors (Lipinski definition) is 4. The minimum atomic E-state index is -0.123. The van der Waals surface area contributed by atoms with Crippen molar-refractivity contribution in [2.75, 3.05) is 5.75 Å². The number of hydrogen-bond donors (Lipinski definition) is 1. The van der Waals surface area contributed by atoms with Crippen LogP contribution in [0.15, 0.2) is 45.8 Å². The van der Waals surface area contributed by atoms with Gasteiger partial charge in [-0.2, -0.15) is 5.10 Å². The monoisotopic (exact) mass is 287 g/mol. The summed E-state index contributed by atoms with van der Waals surface area (Å²) in [4.78, 5) is 0. The first-order valence-corrected chi connectivity index (χ1v) is 7.49. The highest BCUT2D eigenvalue weighted by Crippen LogP contribution is 2.27. The Balaban J connectivity index is 1.72. The molecule has 3 rings (SSSR count). The zero-order valence-corrected chi connectivity index (χ0v) is 12.4. The molecule has 2 N–H and O–H groups in total. The molecule has 20 heavy (non-hydrogen) atoms. The largest absolute Gasteiger partial charge is 0.459 e. The van der Waals surface area contributed by atoms with Crippen LogP contribution in [0.2, 0.25) is 0 Å². The number of nitrogens with zero attached hydrogens (tertiary/aromatic N) is 2. The number of thioether (sulfide) groups is 1. The lowest BCUT2D eigenvalue weighted by molar-refractivity contribution is 0.516. The van der Waals surface area contributed by atoms with Gasteiger partial charge in [-0.05, 0) is 25.1 Å². The normalized spacial score (nSPS) is 12.9. The first-order valence-electron chi connectivity index (χ1n) is 6.51. The van der Waals surface area contributed by atoms with Crippen molar-refractivity contribution in [3.05, 3.63) is 47.9 Å². The van der Waals surface area contributed by atoms with Crippen LogP contribution in [0.3, 0.4) is 0 Å². The standard InChI is InChI=1S/C15H17N3OS/c1-10-7-15(18(2)17-10)20-9-12(16)14-8-11-5-3-4-6-13(11)19-14/h3-8,12H,9,16H2,1-2H3. The molecule has 0 saturated heterocycles. The summed E-state index contributed by atoms with van der Waals surface area (Å²) in [6.45, 7) is 1.99.